The van der Waals surface area contributed by atoms with Gasteiger partial charge in [-0.15, -0.1) is 0 Å². The number of carbonyl (C=O) groups is 13. The predicted molar refractivity (Wildman–Crippen MR) is 343 cm³/mol. The van der Waals surface area contributed by atoms with Crippen LogP contribution in [0.5, 0.6) is 5.75 Å². The number of aromatic hydroxyl groups is 1. The molecule has 0 aromatic heterocycles. The van der Waals surface area contributed by atoms with Crippen LogP contribution in [0.15, 0.2) is 29.3 Å². The number of carboxylic acid groups (broad SMARTS) is 1. The Hall–Kier alpha value is -8.80. The average Bonchev–Trinajstić information content (AvgIpc) is 0.855. The van der Waals surface area contributed by atoms with Crippen LogP contribution in [-0.2, 0) is 68.7 Å². The van der Waals surface area contributed by atoms with Crippen LogP contribution >= 0.6 is 0 Å². The summed E-state index contributed by atoms with van der Waals surface area (Å²) in [7, 11) is 0. The number of aliphatic carboxylic acids is 1. The van der Waals surface area contributed by atoms with Gasteiger partial charge in [0.15, 0.2) is 18.1 Å². The Balaban J connectivity index is 3.71. The fourth-order valence-electron chi connectivity index (χ4n) is 9.50. The van der Waals surface area contributed by atoms with Gasteiger partial charge >= 0.3 is 5.97 Å². The van der Waals surface area contributed by atoms with Crippen molar-refractivity contribution >= 4 is 82.8 Å². The van der Waals surface area contributed by atoms with Crippen molar-refractivity contribution in [2.75, 3.05) is 26.2 Å². The van der Waals surface area contributed by atoms with Crippen molar-refractivity contribution in [2.24, 2.45) is 63.3 Å². The number of phenols is 1. The van der Waals surface area contributed by atoms with Crippen molar-refractivity contribution in [3.63, 3.8) is 0 Å². The smallest absolute Gasteiger partial charge is 0.328 e. The Morgan fingerprint density at radius 2 is 1.08 bits per heavy atom. The molecule has 1 aromatic carbocycles. The van der Waals surface area contributed by atoms with E-state index in [1.54, 1.807) is 40.7 Å². The van der Waals surface area contributed by atoms with Gasteiger partial charge in [0.25, 0.3) is 0 Å². The topological polar surface area (TPSA) is 597 Å². The first-order chi connectivity index (χ1) is 44.2. The Morgan fingerprint density at radius 1 is 0.589 bits per heavy atom. The third kappa shape index (κ3) is 29.6. The summed E-state index contributed by atoms with van der Waals surface area (Å²) in [6.07, 6.45) is -5.95. The highest BCUT2D eigenvalue weighted by Gasteiger charge is 2.42. The zero-order chi connectivity index (χ0) is 72.9. The molecule has 0 aliphatic rings. The van der Waals surface area contributed by atoms with Gasteiger partial charge in [0.05, 0.1) is 31.4 Å². The molecule has 0 saturated carbocycles. The maximum atomic E-state index is 14.6. The van der Waals surface area contributed by atoms with E-state index < -0.39 is 187 Å². The van der Waals surface area contributed by atoms with Gasteiger partial charge in [0.2, 0.25) is 70.9 Å². The summed E-state index contributed by atoms with van der Waals surface area (Å²) < 4.78 is 0. The Bertz CT molecular complexity index is 2820. The molecule has 0 aliphatic heterocycles. The second kappa shape index (κ2) is 41.1. The molecule has 0 fully saturated rings. The second-order valence-electron chi connectivity index (χ2n) is 25.0. The third-order valence-electron chi connectivity index (χ3n) is 14.8. The number of nitrogens with one attached hydrogen (secondary N) is 9. The number of hydrogen-bond donors (Lipinski definition) is 20. The Labute approximate surface area is 551 Å². The van der Waals surface area contributed by atoms with E-state index in [4.69, 9.17) is 28.7 Å². The fraction of sp³-hybridized carbons (Fsp3) is 0.667. The van der Waals surface area contributed by atoms with Crippen LogP contribution in [0.25, 0.3) is 0 Å². The van der Waals surface area contributed by atoms with Crippen molar-refractivity contribution in [3.8, 4) is 5.75 Å². The lowest BCUT2D eigenvalue weighted by molar-refractivity contribution is -0.156. The number of phenolic OH excluding ortho intramolecular Hbond substituents is 1. The van der Waals surface area contributed by atoms with Gasteiger partial charge < -0.3 is 112 Å². The van der Waals surface area contributed by atoms with Crippen molar-refractivity contribution in [2.45, 2.75) is 200 Å². The van der Waals surface area contributed by atoms with Crippen LogP contribution in [0.2, 0.25) is 0 Å². The Kier molecular flexibility index (Phi) is 36.5. The molecule has 0 heterocycles. The molecule has 95 heavy (non-hydrogen) atoms. The highest BCUT2D eigenvalue weighted by molar-refractivity contribution is 6.00. The van der Waals surface area contributed by atoms with E-state index in [1.807, 2.05) is 33.0 Å². The molecule has 35 nitrogen and oxygen atoms in total. The molecular formula is C60H102N16O19. The molecule has 0 aliphatic carbocycles. The summed E-state index contributed by atoms with van der Waals surface area (Å²) in [5.74, 6) is -18.0. The van der Waals surface area contributed by atoms with Gasteiger partial charge in [-0.05, 0) is 86.3 Å². The SMILES string of the molecule is CC[C@H](C)[C@H](NC(=O)[C@@H](CCCN=C(N)N)NC(=O)[C@H](CC(C)C)NC(=O)[C@@H](NC(=O)[C@H](Cc1cccc(O)c1)NC(=O)[C@H](CC(C)C)NC(=O)[C@H](N)CC(C)C)C(O)C(C)C)C(=O)N[C@H](C(=O)NCC(=O)N[C@H](C(=O)N(CC(N)=O)[C@@H](CO)C(=O)O)C(O)C(N)=O)[C@H](C)O. The van der Waals surface area contributed by atoms with Gasteiger partial charge in [-0.3, -0.25) is 62.5 Å². The first-order valence-electron chi connectivity index (χ1n) is 31.2. The number of carbonyl (C=O) groups excluding carboxylic acids is 12. The number of amides is 12. The molecule has 0 spiro atoms. The first kappa shape index (κ1) is 84.2. The number of carboxylic acids is 1. The van der Waals surface area contributed by atoms with E-state index in [0.717, 1.165) is 6.92 Å². The van der Waals surface area contributed by atoms with E-state index >= 15 is 0 Å². The predicted octanol–water partition coefficient (Wildman–Crippen LogP) is -6.50. The summed E-state index contributed by atoms with van der Waals surface area (Å²) in [5, 5.41) is 84.3. The summed E-state index contributed by atoms with van der Waals surface area (Å²) >= 11 is 0. The molecule has 0 bridgehead atoms. The van der Waals surface area contributed by atoms with Crippen molar-refractivity contribution in [3.05, 3.63) is 29.8 Å². The normalized spacial score (nSPS) is 15.8. The zero-order valence-corrected chi connectivity index (χ0v) is 55.8. The van der Waals surface area contributed by atoms with E-state index in [2.05, 4.69) is 47.5 Å². The van der Waals surface area contributed by atoms with Crippen LogP contribution in [0.1, 0.15) is 120 Å². The molecule has 1 rings (SSSR count). The highest BCUT2D eigenvalue weighted by atomic mass is 16.4. The molecular weight excluding hydrogens is 1250 g/mol. The lowest BCUT2D eigenvalue weighted by atomic mass is 9.96. The van der Waals surface area contributed by atoms with E-state index in [9.17, 15) is 93.0 Å². The minimum Gasteiger partial charge on any atom is -0.508 e. The molecule has 35 heteroatoms. The molecule has 0 saturated heterocycles. The number of nitrogens with zero attached hydrogens (tertiary/aromatic N) is 2. The number of aliphatic imine (C=N–C) groups is 1. The van der Waals surface area contributed by atoms with Crippen LogP contribution in [0.3, 0.4) is 0 Å². The van der Waals surface area contributed by atoms with Gasteiger partial charge in [-0.2, -0.15) is 0 Å². The third-order valence-corrected chi connectivity index (χ3v) is 14.8. The first-order valence-corrected chi connectivity index (χ1v) is 31.2. The largest absolute Gasteiger partial charge is 0.508 e. The highest BCUT2D eigenvalue weighted by Crippen LogP contribution is 2.18. The van der Waals surface area contributed by atoms with Crippen molar-refractivity contribution in [1.29, 1.82) is 0 Å². The summed E-state index contributed by atoms with van der Waals surface area (Å²) in [6.45, 7) is 14.4. The number of nitrogens with two attached hydrogens (primary N) is 5. The number of hydrogen-bond acceptors (Lipinski definition) is 20. The molecule has 12 amide bonds. The average molecular weight is 1350 g/mol. The standard InChI is InChI=1S/C60H102N16O19/c1-12-31(10)43(56(91)74-44(32(11)78)55(90)67-24-42(81)72-46(48(83)49(63)84)58(93)76(25-41(62)80)40(26-77)59(94)95)73-51(86)36(17-14-18-66-60(64)65)68-52(87)38(21-29(6)7)71-57(92)45(47(82)30(8)9)75-54(89)39(23-33-15-13-16-34(79)22-33)70-53(88)37(20-28(4)5)69-50(85)35(61)19-27(2)3/h13,15-16,22,27-32,35-40,43-48,77-79,82-83H,12,14,17-21,23-26,61H2,1-11H3,(H2,62,80)(H2,63,84)(H,67,90)(H,68,87)(H,69,85)(H,70,88)(H,71,92)(H,72,81)(H,73,86)(H,74,91)(H,75,89)(H,94,95)(H4,64,65,66)/t31-,32-,35+,36+,37-,38-,39-,40-,43-,44-,45-,46-,47?,48?/m0/s1. The van der Waals surface area contributed by atoms with Crippen molar-refractivity contribution in [1.82, 2.24) is 52.8 Å². The summed E-state index contributed by atoms with van der Waals surface area (Å²) in [5.41, 5.74) is 27.9. The van der Waals surface area contributed by atoms with E-state index in [0.29, 0.717) is 12.0 Å². The zero-order valence-electron chi connectivity index (χ0n) is 55.8. The minimum absolute atomic E-state index is 0.0221. The summed E-state index contributed by atoms with van der Waals surface area (Å²) in [4.78, 5) is 180. The number of primary amides is 2. The molecule has 25 N–H and O–H groups in total. The van der Waals surface area contributed by atoms with E-state index in [-0.39, 0.29) is 79.4 Å². The number of aliphatic hydroxyl groups excluding tert-OH is 4. The lowest BCUT2D eigenvalue weighted by Gasteiger charge is -2.32. The van der Waals surface area contributed by atoms with Crippen LogP contribution < -0.4 is 76.5 Å². The van der Waals surface area contributed by atoms with Crippen LogP contribution in [0, 0.1) is 29.6 Å². The second-order valence-corrected chi connectivity index (χ2v) is 25.0. The molecule has 536 valence electrons. The number of guanidine groups is 1. The number of aliphatic hydroxyl groups is 4. The van der Waals surface area contributed by atoms with Crippen molar-refractivity contribution < 1.29 is 93.0 Å². The lowest BCUT2D eigenvalue weighted by Crippen LogP contribution is -2.63. The maximum absolute atomic E-state index is 14.6. The quantitative estimate of drug-likeness (QED) is 0.0164. The van der Waals surface area contributed by atoms with Crippen LogP contribution in [-0.4, -0.2) is 223 Å². The van der Waals surface area contributed by atoms with Gasteiger partial charge in [0.1, 0.15) is 60.6 Å². The summed E-state index contributed by atoms with van der Waals surface area (Å²) in [6, 6.07) is -10.8. The monoisotopic (exact) mass is 1350 g/mol. The fourth-order valence-corrected chi connectivity index (χ4v) is 9.50. The van der Waals surface area contributed by atoms with Gasteiger partial charge in [-0.1, -0.05) is 87.8 Å². The maximum Gasteiger partial charge on any atom is 0.328 e. The number of rotatable bonds is 43. The number of benzene rings is 1. The molecule has 2 unspecified atom stereocenters. The van der Waals surface area contributed by atoms with Gasteiger partial charge in [0, 0.05) is 13.0 Å². The van der Waals surface area contributed by atoms with E-state index in [1.165, 1.54) is 25.1 Å². The molecule has 14 atom stereocenters. The van der Waals surface area contributed by atoms with Crippen LogP contribution in [0.4, 0.5) is 0 Å². The molecule has 1 aromatic rings. The Morgan fingerprint density at radius 3 is 1.56 bits per heavy atom. The minimum atomic E-state index is -2.59. The molecule has 0 radical (unpaired) electrons. The van der Waals surface area contributed by atoms with Gasteiger partial charge in [-0.25, -0.2) is 4.79 Å².